The smallest absolute Gasteiger partial charge is 0.259 e. The summed E-state index contributed by atoms with van der Waals surface area (Å²) < 4.78 is 0. The summed E-state index contributed by atoms with van der Waals surface area (Å²) in [7, 11) is 0. The minimum atomic E-state index is -0.634. The monoisotopic (exact) mass is 140 g/mol. The standard InChI is InChI=1S/C3H8N2O2.ClH/c1-2(4)3(6)5-7;/h2,7H,4H2,1H3,(H,5,6);1H/t2-;/m0./s1. The van der Waals surface area contributed by atoms with E-state index in [0.29, 0.717) is 0 Å². The number of amides is 1. The third kappa shape index (κ3) is 3.86. The summed E-state index contributed by atoms with van der Waals surface area (Å²) in [4.78, 5) is 10.0. The molecule has 5 heteroatoms. The van der Waals surface area contributed by atoms with E-state index in [1.54, 1.807) is 0 Å². The van der Waals surface area contributed by atoms with Gasteiger partial charge in [0.25, 0.3) is 5.91 Å². The number of halogens is 1. The lowest BCUT2D eigenvalue weighted by Gasteiger charge is -1.97. The van der Waals surface area contributed by atoms with Crippen LogP contribution in [0, 0.1) is 0 Å². The Bertz CT molecular complexity index is 75.7. The molecule has 0 aromatic heterocycles. The van der Waals surface area contributed by atoms with E-state index in [2.05, 4.69) is 0 Å². The lowest BCUT2D eigenvalue weighted by Crippen LogP contribution is -2.36. The number of carbonyl (C=O) groups excluding carboxylic acids is 1. The SMILES string of the molecule is C[C@H](N)C(=O)NO.Cl. The largest absolute Gasteiger partial charge is 0.320 e. The van der Waals surface area contributed by atoms with E-state index in [9.17, 15) is 4.79 Å². The molecule has 1 atom stereocenters. The lowest BCUT2D eigenvalue weighted by atomic mass is 10.4. The van der Waals surface area contributed by atoms with Crippen molar-refractivity contribution in [3.8, 4) is 0 Å². The van der Waals surface area contributed by atoms with Crippen molar-refractivity contribution in [3.05, 3.63) is 0 Å². The maximum absolute atomic E-state index is 10.0. The molecule has 0 radical (unpaired) electrons. The number of hydrogen-bond donors (Lipinski definition) is 3. The summed E-state index contributed by atoms with van der Waals surface area (Å²) in [6.07, 6.45) is 0. The van der Waals surface area contributed by atoms with Gasteiger partial charge in [-0.15, -0.1) is 12.4 Å². The summed E-state index contributed by atoms with van der Waals surface area (Å²) in [6.45, 7) is 1.48. The Kier molecular flexibility index (Phi) is 6.41. The van der Waals surface area contributed by atoms with Crippen LogP contribution in [0.25, 0.3) is 0 Å². The number of hydroxylamine groups is 1. The second kappa shape index (κ2) is 4.83. The van der Waals surface area contributed by atoms with E-state index in [1.165, 1.54) is 12.4 Å². The van der Waals surface area contributed by atoms with Gasteiger partial charge in [-0.2, -0.15) is 0 Å². The Labute approximate surface area is 53.4 Å². The Balaban J connectivity index is 0. The molecule has 0 rings (SSSR count). The first-order valence-electron chi connectivity index (χ1n) is 1.88. The van der Waals surface area contributed by atoms with Gasteiger partial charge in [-0.25, -0.2) is 5.48 Å². The fourth-order valence-corrected chi connectivity index (χ4v) is 0.102. The number of nitrogens with one attached hydrogen (secondary N) is 1. The minimum absolute atomic E-state index is 0. The highest BCUT2D eigenvalue weighted by Gasteiger charge is 2.02. The molecule has 0 aliphatic heterocycles. The molecule has 50 valence electrons. The summed E-state index contributed by atoms with van der Waals surface area (Å²) in [5.74, 6) is -0.569. The molecule has 0 spiro atoms. The van der Waals surface area contributed by atoms with Gasteiger partial charge >= 0.3 is 0 Å². The van der Waals surface area contributed by atoms with Crippen molar-refractivity contribution in [2.45, 2.75) is 13.0 Å². The van der Waals surface area contributed by atoms with Gasteiger partial charge in [0, 0.05) is 0 Å². The van der Waals surface area contributed by atoms with Gasteiger partial charge in [-0.1, -0.05) is 0 Å². The summed E-state index contributed by atoms with van der Waals surface area (Å²) >= 11 is 0. The van der Waals surface area contributed by atoms with Gasteiger partial charge in [-0.05, 0) is 6.92 Å². The lowest BCUT2D eigenvalue weighted by molar-refractivity contribution is -0.130. The van der Waals surface area contributed by atoms with Gasteiger partial charge in [-0.3, -0.25) is 10.0 Å². The maximum atomic E-state index is 10.0. The molecule has 0 bridgehead atoms. The molecule has 0 saturated carbocycles. The maximum Gasteiger partial charge on any atom is 0.259 e. The predicted octanol–water partition coefficient (Wildman–Crippen LogP) is -0.739. The normalized spacial score (nSPS) is 11.4. The number of hydrogen-bond acceptors (Lipinski definition) is 3. The van der Waals surface area contributed by atoms with E-state index in [0.717, 1.165) is 0 Å². The minimum Gasteiger partial charge on any atom is -0.320 e. The molecule has 0 saturated heterocycles. The topological polar surface area (TPSA) is 75.4 Å². The van der Waals surface area contributed by atoms with Crippen LogP contribution >= 0.6 is 12.4 Å². The van der Waals surface area contributed by atoms with Crippen LogP contribution < -0.4 is 11.2 Å². The van der Waals surface area contributed by atoms with Crippen LogP contribution in [0.1, 0.15) is 6.92 Å². The van der Waals surface area contributed by atoms with Crippen molar-refractivity contribution in [1.29, 1.82) is 0 Å². The highest BCUT2D eigenvalue weighted by Crippen LogP contribution is 1.68. The van der Waals surface area contributed by atoms with Gasteiger partial charge in [0.2, 0.25) is 0 Å². The molecule has 0 aromatic rings. The van der Waals surface area contributed by atoms with Gasteiger partial charge in [0.1, 0.15) is 0 Å². The van der Waals surface area contributed by atoms with Crippen LogP contribution in [0.4, 0.5) is 0 Å². The van der Waals surface area contributed by atoms with Crippen LogP contribution in [-0.4, -0.2) is 17.2 Å². The fraction of sp³-hybridized carbons (Fsp3) is 0.667. The number of rotatable bonds is 1. The zero-order valence-electron chi connectivity index (χ0n) is 4.42. The number of carbonyl (C=O) groups is 1. The van der Waals surface area contributed by atoms with Crippen molar-refractivity contribution in [1.82, 2.24) is 5.48 Å². The first-order chi connectivity index (χ1) is 3.18. The molecule has 0 heterocycles. The molecule has 0 aromatic carbocycles. The zero-order valence-corrected chi connectivity index (χ0v) is 5.23. The van der Waals surface area contributed by atoms with Gasteiger partial charge in [0.15, 0.2) is 0 Å². The molecule has 0 aliphatic carbocycles. The molecular formula is C3H9ClN2O2. The van der Waals surface area contributed by atoms with E-state index in [-0.39, 0.29) is 12.4 Å². The van der Waals surface area contributed by atoms with Crippen molar-refractivity contribution in [3.63, 3.8) is 0 Å². The van der Waals surface area contributed by atoms with Crippen molar-refractivity contribution >= 4 is 18.3 Å². The average Bonchev–Trinajstić information content (AvgIpc) is 1.65. The van der Waals surface area contributed by atoms with Crippen LogP contribution in [0.2, 0.25) is 0 Å². The van der Waals surface area contributed by atoms with E-state index in [1.807, 2.05) is 0 Å². The van der Waals surface area contributed by atoms with E-state index >= 15 is 0 Å². The predicted molar refractivity (Wildman–Crippen MR) is 30.8 cm³/mol. The zero-order chi connectivity index (χ0) is 5.86. The van der Waals surface area contributed by atoms with Crippen LogP contribution in [-0.2, 0) is 4.79 Å². The Morgan fingerprint density at radius 3 is 2.25 bits per heavy atom. The second-order valence-corrected chi connectivity index (χ2v) is 1.26. The van der Waals surface area contributed by atoms with Gasteiger partial charge in [0.05, 0.1) is 6.04 Å². The van der Waals surface area contributed by atoms with Crippen LogP contribution in [0.15, 0.2) is 0 Å². The number of nitrogens with two attached hydrogens (primary N) is 1. The molecule has 4 N–H and O–H groups in total. The van der Waals surface area contributed by atoms with Gasteiger partial charge < -0.3 is 5.73 Å². The highest BCUT2D eigenvalue weighted by atomic mass is 35.5. The fourth-order valence-electron chi connectivity index (χ4n) is 0.102. The van der Waals surface area contributed by atoms with Crippen molar-refractivity contribution in [2.75, 3.05) is 0 Å². The first-order valence-corrected chi connectivity index (χ1v) is 1.88. The average molecular weight is 141 g/mol. The van der Waals surface area contributed by atoms with E-state index < -0.39 is 11.9 Å². The second-order valence-electron chi connectivity index (χ2n) is 1.26. The third-order valence-electron chi connectivity index (χ3n) is 0.524. The molecule has 4 nitrogen and oxygen atoms in total. The first kappa shape index (κ1) is 10.6. The van der Waals surface area contributed by atoms with Crippen molar-refractivity contribution < 1.29 is 10.0 Å². The molecule has 1 amide bonds. The van der Waals surface area contributed by atoms with E-state index in [4.69, 9.17) is 10.9 Å². The van der Waals surface area contributed by atoms with Crippen molar-refractivity contribution in [2.24, 2.45) is 5.73 Å². The summed E-state index contributed by atoms with van der Waals surface area (Å²) in [5, 5.41) is 7.83. The molecule has 0 unspecified atom stereocenters. The molecule has 0 fully saturated rings. The van der Waals surface area contributed by atoms with Crippen LogP contribution in [0.5, 0.6) is 0 Å². The molecule has 0 aliphatic rings. The third-order valence-corrected chi connectivity index (χ3v) is 0.524. The molecule has 8 heavy (non-hydrogen) atoms. The molecular weight excluding hydrogens is 131 g/mol. The highest BCUT2D eigenvalue weighted by molar-refractivity contribution is 5.85. The quantitative estimate of drug-likeness (QED) is 0.332. The summed E-state index contributed by atoms with van der Waals surface area (Å²) in [6, 6.07) is -0.634. The Hall–Kier alpha value is -0.320. The van der Waals surface area contributed by atoms with Crippen LogP contribution in [0.3, 0.4) is 0 Å². The Morgan fingerprint density at radius 2 is 2.25 bits per heavy atom. The summed E-state index contributed by atoms with van der Waals surface area (Å²) in [5.41, 5.74) is 6.37. The Morgan fingerprint density at radius 1 is 1.88 bits per heavy atom.